The summed E-state index contributed by atoms with van der Waals surface area (Å²) in [6.45, 7) is 1.93. The number of carbonyl (C=O) groups is 1. The van der Waals surface area contributed by atoms with Gasteiger partial charge in [-0.1, -0.05) is 48.0 Å². The van der Waals surface area contributed by atoms with Gasteiger partial charge in [-0.15, -0.1) is 0 Å². The number of fused-ring (bicyclic) bond motifs is 5. The molecule has 0 unspecified atom stereocenters. The molecule has 1 amide bonds. The van der Waals surface area contributed by atoms with Crippen LogP contribution in [0.4, 0.5) is 5.69 Å². The summed E-state index contributed by atoms with van der Waals surface area (Å²) >= 11 is 6.05. The molecule has 32 heavy (non-hydrogen) atoms. The number of hydrogen-bond donors (Lipinski definition) is 1. The normalized spacial score (nSPS) is 12.0. The molecule has 1 N–H and O–H groups in total. The number of aromatic nitrogens is 2. The van der Waals surface area contributed by atoms with Crippen LogP contribution in [0.5, 0.6) is 0 Å². The van der Waals surface area contributed by atoms with E-state index in [1.807, 2.05) is 59.9 Å². The molecule has 0 spiro atoms. The fraction of sp³-hybridized carbons (Fsp3) is 0.0833. The fourth-order valence-electron chi connectivity index (χ4n) is 4.07. The zero-order valence-electron chi connectivity index (χ0n) is 17.3. The van der Waals surface area contributed by atoms with Crippen molar-refractivity contribution in [2.24, 2.45) is 0 Å². The number of nitrogens with one attached hydrogen (secondary N) is 1. The molecule has 0 saturated heterocycles. The highest BCUT2D eigenvalue weighted by molar-refractivity contribution is 7.90. The molecule has 2 heterocycles. The van der Waals surface area contributed by atoms with Gasteiger partial charge >= 0.3 is 0 Å². The predicted molar refractivity (Wildman–Crippen MR) is 127 cm³/mol. The average molecular weight is 464 g/mol. The van der Waals surface area contributed by atoms with E-state index in [0.717, 1.165) is 39.4 Å². The number of benzene rings is 3. The number of rotatable bonds is 3. The third-order valence-electron chi connectivity index (χ3n) is 5.47. The van der Waals surface area contributed by atoms with Gasteiger partial charge in [-0.3, -0.25) is 9.20 Å². The van der Waals surface area contributed by atoms with Crippen LogP contribution < -0.4 is 5.32 Å². The summed E-state index contributed by atoms with van der Waals surface area (Å²) in [5, 5.41) is 4.86. The van der Waals surface area contributed by atoms with Crippen molar-refractivity contribution in [2.75, 3.05) is 11.6 Å². The van der Waals surface area contributed by atoms with E-state index in [1.165, 1.54) is 18.2 Å². The Morgan fingerprint density at radius 3 is 2.44 bits per heavy atom. The van der Waals surface area contributed by atoms with E-state index in [0.29, 0.717) is 5.69 Å². The molecule has 0 aliphatic carbocycles. The Bertz CT molecular complexity index is 1670. The topological polar surface area (TPSA) is 80.5 Å². The summed E-state index contributed by atoms with van der Waals surface area (Å²) < 4.78 is 26.1. The zero-order valence-corrected chi connectivity index (χ0v) is 18.8. The number of carbonyl (C=O) groups excluding carboxylic acids is 1. The maximum Gasteiger partial charge on any atom is 0.255 e. The van der Waals surface area contributed by atoms with Crippen molar-refractivity contribution < 1.29 is 13.2 Å². The summed E-state index contributed by atoms with van der Waals surface area (Å²) in [5.74, 6) is 0.365. The third-order valence-corrected chi connectivity index (χ3v) is 7.05. The minimum Gasteiger partial charge on any atom is -0.320 e. The zero-order chi connectivity index (χ0) is 22.6. The molecule has 6 nitrogen and oxygen atoms in total. The molecule has 0 aliphatic heterocycles. The van der Waals surface area contributed by atoms with Crippen LogP contribution in [0, 0.1) is 6.92 Å². The first-order chi connectivity index (χ1) is 15.3. The van der Waals surface area contributed by atoms with Crippen LogP contribution in [0.2, 0.25) is 5.02 Å². The first-order valence-corrected chi connectivity index (χ1v) is 12.1. The Morgan fingerprint density at radius 1 is 1.00 bits per heavy atom. The minimum atomic E-state index is -3.58. The monoisotopic (exact) mass is 463 g/mol. The van der Waals surface area contributed by atoms with Crippen LogP contribution in [-0.4, -0.2) is 30.0 Å². The maximum atomic E-state index is 13.2. The smallest absolute Gasteiger partial charge is 0.255 e. The van der Waals surface area contributed by atoms with Crippen LogP contribution in [0.1, 0.15) is 16.2 Å². The van der Waals surface area contributed by atoms with Gasteiger partial charge in [0.25, 0.3) is 5.91 Å². The van der Waals surface area contributed by atoms with Gasteiger partial charge in [-0.25, -0.2) is 13.4 Å². The average Bonchev–Trinajstić information content (AvgIpc) is 3.08. The summed E-state index contributed by atoms with van der Waals surface area (Å²) in [6, 6.07) is 19.8. The number of halogens is 1. The molecule has 2 aromatic heterocycles. The van der Waals surface area contributed by atoms with E-state index in [4.69, 9.17) is 16.6 Å². The molecular weight excluding hydrogens is 446 g/mol. The van der Waals surface area contributed by atoms with Gasteiger partial charge in [0.05, 0.1) is 32.2 Å². The summed E-state index contributed by atoms with van der Waals surface area (Å²) in [5.41, 5.74) is 3.42. The largest absolute Gasteiger partial charge is 0.320 e. The quantitative estimate of drug-likeness (QED) is 0.396. The number of hydrogen-bond acceptors (Lipinski definition) is 4. The predicted octanol–water partition coefficient (Wildman–Crippen LogP) is 5.26. The number of aryl methyl sites for hydroxylation is 1. The van der Waals surface area contributed by atoms with Gasteiger partial charge in [0.1, 0.15) is 5.82 Å². The summed E-state index contributed by atoms with van der Waals surface area (Å²) in [4.78, 5) is 17.9. The molecule has 8 heteroatoms. The van der Waals surface area contributed by atoms with Crippen LogP contribution in [0.3, 0.4) is 0 Å². The van der Waals surface area contributed by atoms with Gasteiger partial charge < -0.3 is 5.32 Å². The number of para-hydroxylation sites is 2. The first kappa shape index (κ1) is 20.5. The van der Waals surface area contributed by atoms with E-state index in [1.54, 1.807) is 0 Å². The van der Waals surface area contributed by atoms with Crippen LogP contribution in [-0.2, 0) is 9.84 Å². The Balaban J connectivity index is 1.75. The number of sulfone groups is 1. The van der Waals surface area contributed by atoms with E-state index in [2.05, 4.69) is 5.32 Å². The van der Waals surface area contributed by atoms with Gasteiger partial charge in [0, 0.05) is 22.6 Å². The lowest BCUT2D eigenvalue weighted by molar-refractivity contribution is 0.102. The Kier molecular flexibility index (Phi) is 4.69. The van der Waals surface area contributed by atoms with E-state index in [-0.39, 0.29) is 15.5 Å². The third kappa shape index (κ3) is 3.21. The summed E-state index contributed by atoms with van der Waals surface area (Å²) in [6.07, 6.45) is 1.06. The van der Waals surface area contributed by atoms with Crippen molar-refractivity contribution >= 4 is 60.4 Å². The highest BCUT2D eigenvalue weighted by Gasteiger charge is 2.21. The minimum absolute atomic E-state index is 0.0797. The lowest BCUT2D eigenvalue weighted by atomic mass is 10.1. The Morgan fingerprint density at radius 2 is 1.69 bits per heavy atom. The van der Waals surface area contributed by atoms with Crippen molar-refractivity contribution in [1.29, 1.82) is 0 Å². The number of amides is 1. The van der Waals surface area contributed by atoms with E-state index < -0.39 is 15.7 Å². The van der Waals surface area contributed by atoms with E-state index in [9.17, 15) is 13.2 Å². The second-order valence-electron chi connectivity index (χ2n) is 7.62. The lowest BCUT2D eigenvalue weighted by Crippen LogP contribution is -2.13. The SMILES string of the molecule is Cc1nc2ccccc2c2c(NC(=O)c3ccc(Cl)c(S(C)(=O)=O)c3)c3ccccc3n12. The fourth-order valence-corrected chi connectivity index (χ4v) is 5.37. The Labute approximate surface area is 189 Å². The van der Waals surface area contributed by atoms with Gasteiger partial charge in [0.15, 0.2) is 9.84 Å². The summed E-state index contributed by atoms with van der Waals surface area (Å²) in [7, 11) is -3.58. The maximum absolute atomic E-state index is 13.2. The highest BCUT2D eigenvalue weighted by atomic mass is 35.5. The molecule has 5 rings (SSSR count). The molecule has 160 valence electrons. The van der Waals surface area contributed by atoms with Crippen LogP contribution >= 0.6 is 11.6 Å². The lowest BCUT2D eigenvalue weighted by Gasteiger charge is -2.10. The van der Waals surface area contributed by atoms with Gasteiger partial charge in [-0.2, -0.15) is 0 Å². The van der Waals surface area contributed by atoms with Crippen molar-refractivity contribution in [3.63, 3.8) is 0 Å². The van der Waals surface area contributed by atoms with E-state index >= 15 is 0 Å². The molecule has 3 aromatic carbocycles. The van der Waals surface area contributed by atoms with Crippen LogP contribution in [0.15, 0.2) is 71.6 Å². The van der Waals surface area contributed by atoms with Crippen molar-refractivity contribution in [3.8, 4) is 0 Å². The standard InChI is InChI=1S/C24H18ClN3O3S/c1-14-26-19-9-5-3-7-16(19)23-22(17-8-4-6-10-20(17)28(14)23)27-24(29)15-11-12-18(25)21(13-15)32(2,30)31/h3-13H,1-2H3,(H,27,29). The molecule has 0 saturated carbocycles. The molecule has 0 radical (unpaired) electrons. The van der Waals surface area contributed by atoms with Gasteiger partial charge in [-0.05, 0) is 37.3 Å². The van der Waals surface area contributed by atoms with Crippen molar-refractivity contribution in [2.45, 2.75) is 11.8 Å². The molecule has 5 aromatic rings. The molecule has 0 fully saturated rings. The second-order valence-corrected chi connectivity index (χ2v) is 10.0. The highest BCUT2D eigenvalue weighted by Crippen LogP contribution is 2.36. The van der Waals surface area contributed by atoms with Crippen molar-refractivity contribution in [3.05, 3.63) is 83.1 Å². The molecule has 0 bridgehead atoms. The second kappa shape index (κ2) is 7.32. The number of anilines is 1. The molecular formula is C24H18ClN3O3S. The number of nitrogens with zero attached hydrogens (tertiary/aromatic N) is 2. The van der Waals surface area contributed by atoms with Crippen molar-refractivity contribution in [1.82, 2.24) is 9.38 Å². The molecule has 0 atom stereocenters. The Hall–Kier alpha value is -3.42. The van der Waals surface area contributed by atoms with Crippen LogP contribution in [0.25, 0.3) is 27.3 Å². The first-order valence-electron chi connectivity index (χ1n) is 9.85. The van der Waals surface area contributed by atoms with Gasteiger partial charge in [0.2, 0.25) is 0 Å². The molecule has 0 aliphatic rings.